The van der Waals surface area contributed by atoms with Crippen molar-refractivity contribution < 1.29 is 4.39 Å². The lowest BCUT2D eigenvalue weighted by Gasteiger charge is -2.10. The highest BCUT2D eigenvalue weighted by atomic mass is 19.1. The summed E-state index contributed by atoms with van der Waals surface area (Å²) in [4.78, 5) is 8.61. The van der Waals surface area contributed by atoms with E-state index < -0.39 is 0 Å². The molecule has 0 aliphatic heterocycles. The quantitative estimate of drug-likeness (QED) is 0.775. The second kappa shape index (κ2) is 4.94. The first-order valence-electron chi connectivity index (χ1n) is 7.29. The summed E-state index contributed by atoms with van der Waals surface area (Å²) in [5.74, 6) is 0.802. The number of hydrogen-bond donors (Lipinski definition) is 2. The number of nitrogens with one attached hydrogen (secondary N) is 1. The topological polar surface area (TPSA) is 63.8 Å². The number of nitrogens with two attached hydrogens (primary N) is 1. The zero-order valence-electron chi connectivity index (χ0n) is 11.9. The smallest absolute Gasteiger partial charge is 0.222 e. The highest BCUT2D eigenvalue weighted by Crippen LogP contribution is 2.31. The lowest BCUT2D eigenvalue weighted by Crippen LogP contribution is -2.06. The zero-order valence-corrected chi connectivity index (χ0v) is 11.9. The molecular weight excluding hydrogens is 279 g/mol. The van der Waals surface area contributed by atoms with Crippen molar-refractivity contribution in [2.24, 2.45) is 0 Å². The maximum Gasteiger partial charge on any atom is 0.222 e. The Morgan fingerprint density at radius 2 is 1.73 bits per heavy atom. The number of halogens is 1. The molecule has 0 amide bonds. The van der Waals surface area contributed by atoms with Crippen molar-refractivity contribution in [1.82, 2.24) is 9.97 Å². The van der Waals surface area contributed by atoms with Crippen molar-refractivity contribution in [3.63, 3.8) is 0 Å². The summed E-state index contributed by atoms with van der Waals surface area (Å²) in [6, 6.07) is 12.8. The molecule has 1 aliphatic carbocycles. The number of fused-ring (bicyclic) bond motifs is 1. The van der Waals surface area contributed by atoms with E-state index in [2.05, 4.69) is 15.3 Å². The number of benzene rings is 2. The number of aromatic nitrogens is 2. The van der Waals surface area contributed by atoms with Crippen LogP contribution in [0, 0.1) is 5.82 Å². The van der Waals surface area contributed by atoms with Gasteiger partial charge in [-0.05, 0) is 48.2 Å². The molecule has 1 heterocycles. The standard InChI is InChI=1S/C17H15FN4/c18-12-4-1-10(2-5-12)11-3-8-15-14(9-11)16(20-13-6-7-13)22-17(19)21-15/h1-5,8-9,13H,6-7H2,(H3,19,20,21,22). The second-order valence-electron chi connectivity index (χ2n) is 5.59. The second-order valence-corrected chi connectivity index (χ2v) is 5.59. The fraction of sp³-hybridized carbons (Fsp3) is 0.176. The Balaban J connectivity index is 1.84. The Labute approximate surface area is 127 Å². The molecule has 2 aromatic carbocycles. The molecule has 0 unspecified atom stereocenters. The van der Waals surface area contributed by atoms with Gasteiger partial charge in [0.2, 0.25) is 5.95 Å². The summed E-state index contributed by atoms with van der Waals surface area (Å²) in [6.45, 7) is 0. The molecule has 4 rings (SSSR count). The van der Waals surface area contributed by atoms with Crippen LogP contribution < -0.4 is 11.1 Å². The van der Waals surface area contributed by atoms with Gasteiger partial charge < -0.3 is 11.1 Å². The molecular formula is C17H15FN4. The molecule has 0 saturated heterocycles. The van der Waals surface area contributed by atoms with Crippen molar-refractivity contribution >= 4 is 22.7 Å². The normalized spacial score (nSPS) is 14.2. The summed E-state index contributed by atoms with van der Waals surface area (Å²) in [5, 5.41) is 4.33. The van der Waals surface area contributed by atoms with Crippen LogP contribution in [0.4, 0.5) is 16.2 Å². The predicted octanol–water partition coefficient (Wildman–Crippen LogP) is 3.59. The van der Waals surface area contributed by atoms with E-state index in [0.29, 0.717) is 6.04 Å². The van der Waals surface area contributed by atoms with Gasteiger partial charge in [0, 0.05) is 11.4 Å². The van der Waals surface area contributed by atoms with Crippen molar-refractivity contribution in [1.29, 1.82) is 0 Å². The predicted molar refractivity (Wildman–Crippen MR) is 86.0 cm³/mol. The third kappa shape index (κ3) is 2.45. The average Bonchev–Trinajstić information content (AvgIpc) is 3.32. The molecule has 1 saturated carbocycles. The number of nitrogens with zero attached hydrogens (tertiary/aromatic N) is 2. The van der Waals surface area contributed by atoms with E-state index in [9.17, 15) is 4.39 Å². The van der Waals surface area contributed by atoms with Crippen LogP contribution in [-0.4, -0.2) is 16.0 Å². The zero-order chi connectivity index (χ0) is 15.1. The first-order chi connectivity index (χ1) is 10.7. The first kappa shape index (κ1) is 13.0. The molecule has 1 aliphatic rings. The van der Waals surface area contributed by atoms with Gasteiger partial charge in [-0.3, -0.25) is 0 Å². The minimum absolute atomic E-state index is 0.239. The van der Waals surface area contributed by atoms with E-state index in [1.54, 1.807) is 12.1 Å². The van der Waals surface area contributed by atoms with E-state index in [0.717, 1.165) is 40.7 Å². The van der Waals surface area contributed by atoms with Gasteiger partial charge in [-0.1, -0.05) is 18.2 Å². The van der Waals surface area contributed by atoms with E-state index in [1.807, 2.05) is 18.2 Å². The molecule has 5 heteroatoms. The van der Waals surface area contributed by atoms with E-state index in [-0.39, 0.29) is 11.8 Å². The summed E-state index contributed by atoms with van der Waals surface area (Å²) >= 11 is 0. The number of hydrogen-bond acceptors (Lipinski definition) is 4. The van der Waals surface area contributed by atoms with Crippen molar-refractivity contribution in [2.45, 2.75) is 18.9 Å². The van der Waals surface area contributed by atoms with Crippen LogP contribution in [0.1, 0.15) is 12.8 Å². The molecule has 110 valence electrons. The van der Waals surface area contributed by atoms with Gasteiger partial charge >= 0.3 is 0 Å². The van der Waals surface area contributed by atoms with E-state index >= 15 is 0 Å². The maximum atomic E-state index is 13.1. The largest absolute Gasteiger partial charge is 0.368 e. The third-order valence-corrected chi connectivity index (χ3v) is 3.81. The summed E-state index contributed by atoms with van der Waals surface area (Å²) in [6.07, 6.45) is 2.31. The highest BCUT2D eigenvalue weighted by Gasteiger charge is 2.22. The lowest BCUT2D eigenvalue weighted by molar-refractivity contribution is 0.628. The first-order valence-corrected chi connectivity index (χ1v) is 7.29. The van der Waals surface area contributed by atoms with Crippen LogP contribution in [0.15, 0.2) is 42.5 Å². The van der Waals surface area contributed by atoms with E-state index in [1.165, 1.54) is 12.1 Å². The number of nitrogen functional groups attached to an aromatic ring is 1. The van der Waals surface area contributed by atoms with Crippen LogP contribution in [0.2, 0.25) is 0 Å². The Bertz CT molecular complexity index is 841. The molecule has 0 radical (unpaired) electrons. The van der Waals surface area contributed by atoms with Crippen molar-refractivity contribution in [2.75, 3.05) is 11.1 Å². The Kier molecular flexibility index (Phi) is 2.92. The van der Waals surface area contributed by atoms with Crippen LogP contribution in [-0.2, 0) is 0 Å². The summed E-state index contributed by atoms with van der Waals surface area (Å²) < 4.78 is 13.1. The molecule has 3 N–H and O–H groups in total. The Morgan fingerprint density at radius 3 is 2.45 bits per heavy atom. The van der Waals surface area contributed by atoms with Crippen LogP contribution in [0.5, 0.6) is 0 Å². The fourth-order valence-corrected chi connectivity index (χ4v) is 2.50. The van der Waals surface area contributed by atoms with Crippen molar-refractivity contribution in [3.05, 3.63) is 48.3 Å². The van der Waals surface area contributed by atoms with Gasteiger partial charge in [0.05, 0.1) is 5.52 Å². The minimum atomic E-state index is -0.239. The molecule has 1 aromatic heterocycles. The average molecular weight is 294 g/mol. The molecule has 22 heavy (non-hydrogen) atoms. The van der Waals surface area contributed by atoms with E-state index in [4.69, 9.17) is 5.73 Å². The van der Waals surface area contributed by atoms with Gasteiger partial charge in [0.25, 0.3) is 0 Å². The number of anilines is 2. The third-order valence-electron chi connectivity index (χ3n) is 3.81. The highest BCUT2D eigenvalue weighted by molar-refractivity contribution is 5.93. The Morgan fingerprint density at radius 1 is 1.00 bits per heavy atom. The number of rotatable bonds is 3. The molecule has 0 spiro atoms. The van der Waals surface area contributed by atoms with Crippen LogP contribution in [0.3, 0.4) is 0 Å². The van der Waals surface area contributed by atoms with Gasteiger partial charge in [-0.25, -0.2) is 9.37 Å². The van der Waals surface area contributed by atoms with Crippen LogP contribution >= 0.6 is 0 Å². The van der Waals surface area contributed by atoms with Crippen LogP contribution in [0.25, 0.3) is 22.0 Å². The van der Waals surface area contributed by atoms with Gasteiger partial charge in [0.15, 0.2) is 0 Å². The SMILES string of the molecule is Nc1nc(NC2CC2)c2cc(-c3ccc(F)cc3)ccc2n1. The fourth-order valence-electron chi connectivity index (χ4n) is 2.50. The molecule has 3 aromatic rings. The lowest BCUT2D eigenvalue weighted by atomic mass is 10.0. The van der Waals surface area contributed by atoms with Crippen molar-refractivity contribution in [3.8, 4) is 11.1 Å². The summed E-state index contributed by atoms with van der Waals surface area (Å²) in [5.41, 5.74) is 8.55. The van der Waals surface area contributed by atoms with Gasteiger partial charge in [0.1, 0.15) is 11.6 Å². The maximum absolute atomic E-state index is 13.1. The molecule has 0 atom stereocenters. The van der Waals surface area contributed by atoms with Gasteiger partial charge in [-0.15, -0.1) is 0 Å². The monoisotopic (exact) mass is 294 g/mol. The molecule has 0 bridgehead atoms. The molecule has 1 fully saturated rings. The minimum Gasteiger partial charge on any atom is -0.368 e. The Hall–Kier alpha value is -2.69. The molecule has 4 nitrogen and oxygen atoms in total. The summed E-state index contributed by atoms with van der Waals surface area (Å²) in [7, 11) is 0. The van der Waals surface area contributed by atoms with Gasteiger partial charge in [-0.2, -0.15) is 4.98 Å².